The predicted molar refractivity (Wildman–Crippen MR) is 92.6 cm³/mol. The molecule has 4 aromatic rings. The van der Waals surface area contributed by atoms with E-state index >= 15 is 0 Å². The molecule has 25 heavy (non-hydrogen) atoms. The molecule has 0 spiro atoms. The molecule has 7 nitrogen and oxygen atoms in total. The maximum atomic E-state index is 12.2. The zero-order valence-corrected chi connectivity index (χ0v) is 14.3. The Morgan fingerprint density at radius 2 is 1.88 bits per heavy atom. The lowest BCUT2D eigenvalue weighted by molar-refractivity contribution is 0.417. The quantitative estimate of drug-likeness (QED) is 0.570. The molecule has 0 atom stereocenters. The topological polar surface area (TPSA) is 98.2 Å². The van der Waals surface area contributed by atoms with Gasteiger partial charge in [0.2, 0.25) is 5.82 Å². The summed E-state index contributed by atoms with van der Waals surface area (Å²) in [6.45, 7) is 0. The number of thiophene rings is 1. The molecule has 1 N–H and O–H groups in total. The molecule has 4 rings (SSSR count). The van der Waals surface area contributed by atoms with Crippen molar-refractivity contribution in [1.29, 1.82) is 0 Å². The summed E-state index contributed by atoms with van der Waals surface area (Å²) in [5.41, 5.74) is 1.15. The Kier molecular flexibility index (Phi) is 3.86. The van der Waals surface area contributed by atoms with E-state index in [0.29, 0.717) is 22.8 Å². The molecule has 0 aliphatic rings. The van der Waals surface area contributed by atoms with Crippen molar-refractivity contribution in [3.8, 4) is 23.0 Å². The number of anilines is 1. The van der Waals surface area contributed by atoms with Crippen LogP contribution in [-0.4, -0.2) is 18.6 Å². The standard InChI is InChI=1S/C16H11N3O4S2/c20-25(21,14-4-2-10-24-14)19-12-7-5-11(6-8-12)15-17-16(23-18-15)13-3-1-9-22-13/h1-10,19H. The second-order valence-corrected chi connectivity index (χ2v) is 7.87. The van der Waals surface area contributed by atoms with Crippen LogP contribution in [0, 0.1) is 0 Å². The van der Waals surface area contributed by atoms with E-state index < -0.39 is 10.0 Å². The van der Waals surface area contributed by atoms with Crippen molar-refractivity contribution in [2.75, 3.05) is 4.72 Å². The first-order chi connectivity index (χ1) is 12.1. The summed E-state index contributed by atoms with van der Waals surface area (Å²) in [7, 11) is -3.57. The van der Waals surface area contributed by atoms with Gasteiger partial charge in [0.05, 0.1) is 6.26 Å². The molecule has 0 saturated carbocycles. The highest BCUT2D eigenvalue weighted by atomic mass is 32.2. The molecule has 0 unspecified atom stereocenters. The van der Waals surface area contributed by atoms with E-state index in [1.54, 1.807) is 53.9 Å². The van der Waals surface area contributed by atoms with Crippen LogP contribution in [-0.2, 0) is 10.0 Å². The van der Waals surface area contributed by atoms with Crippen LogP contribution in [0.3, 0.4) is 0 Å². The van der Waals surface area contributed by atoms with Gasteiger partial charge in [0.1, 0.15) is 4.21 Å². The second-order valence-electron chi connectivity index (χ2n) is 5.02. The maximum absolute atomic E-state index is 12.2. The fraction of sp³-hybridized carbons (Fsp3) is 0. The highest BCUT2D eigenvalue weighted by molar-refractivity contribution is 7.94. The molecular weight excluding hydrogens is 362 g/mol. The monoisotopic (exact) mass is 373 g/mol. The number of rotatable bonds is 5. The van der Waals surface area contributed by atoms with Crippen molar-refractivity contribution in [2.45, 2.75) is 4.21 Å². The first-order valence-corrected chi connectivity index (χ1v) is 9.52. The average Bonchev–Trinajstić information content (AvgIpc) is 3.35. The third-order valence-corrected chi connectivity index (χ3v) is 6.09. The van der Waals surface area contributed by atoms with Gasteiger partial charge < -0.3 is 8.94 Å². The molecule has 3 aromatic heterocycles. The molecule has 0 aliphatic heterocycles. The van der Waals surface area contributed by atoms with Crippen molar-refractivity contribution in [2.24, 2.45) is 0 Å². The van der Waals surface area contributed by atoms with E-state index in [0.717, 1.165) is 11.3 Å². The molecule has 3 heterocycles. The average molecular weight is 373 g/mol. The van der Waals surface area contributed by atoms with Gasteiger partial charge in [-0.3, -0.25) is 4.72 Å². The number of benzene rings is 1. The van der Waals surface area contributed by atoms with E-state index in [4.69, 9.17) is 8.94 Å². The number of nitrogens with one attached hydrogen (secondary N) is 1. The van der Waals surface area contributed by atoms with E-state index in [2.05, 4.69) is 14.9 Å². The van der Waals surface area contributed by atoms with Crippen LogP contribution in [0.25, 0.3) is 23.0 Å². The van der Waals surface area contributed by atoms with Crippen molar-refractivity contribution in [3.63, 3.8) is 0 Å². The van der Waals surface area contributed by atoms with E-state index in [9.17, 15) is 8.42 Å². The van der Waals surface area contributed by atoms with Crippen molar-refractivity contribution in [3.05, 3.63) is 60.2 Å². The van der Waals surface area contributed by atoms with Crippen LogP contribution >= 0.6 is 11.3 Å². The maximum Gasteiger partial charge on any atom is 0.293 e. The summed E-state index contributed by atoms with van der Waals surface area (Å²) >= 11 is 1.16. The molecule has 126 valence electrons. The molecule has 1 aromatic carbocycles. The third kappa shape index (κ3) is 3.19. The van der Waals surface area contributed by atoms with Gasteiger partial charge in [-0.1, -0.05) is 11.2 Å². The number of hydrogen-bond acceptors (Lipinski definition) is 7. The minimum absolute atomic E-state index is 0.262. The number of hydrogen-bond donors (Lipinski definition) is 1. The Morgan fingerprint density at radius 1 is 1.04 bits per heavy atom. The van der Waals surface area contributed by atoms with Gasteiger partial charge in [-0.15, -0.1) is 11.3 Å². The molecule has 9 heteroatoms. The summed E-state index contributed by atoms with van der Waals surface area (Å²) in [6.07, 6.45) is 1.52. The SMILES string of the molecule is O=S(=O)(Nc1ccc(-c2noc(-c3ccco3)n2)cc1)c1cccs1. The summed E-state index contributed by atoms with van der Waals surface area (Å²) in [5.74, 6) is 1.15. The van der Waals surface area contributed by atoms with Gasteiger partial charge in [0.15, 0.2) is 5.76 Å². The lowest BCUT2D eigenvalue weighted by atomic mass is 10.2. The Hall–Kier alpha value is -2.91. The third-order valence-electron chi connectivity index (χ3n) is 3.31. The Balaban J connectivity index is 1.55. The number of nitrogens with zero attached hydrogens (tertiary/aromatic N) is 2. The highest BCUT2D eigenvalue weighted by Gasteiger charge is 2.16. The Labute approximate surface area is 147 Å². The minimum atomic E-state index is -3.57. The Morgan fingerprint density at radius 3 is 2.56 bits per heavy atom. The lowest BCUT2D eigenvalue weighted by Crippen LogP contribution is -2.11. The van der Waals surface area contributed by atoms with Gasteiger partial charge in [0, 0.05) is 11.3 Å². The molecule has 0 saturated heterocycles. The van der Waals surface area contributed by atoms with Crippen molar-refractivity contribution in [1.82, 2.24) is 10.1 Å². The molecule has 0 fully saturated rings. The fourth-order valence-electron chi connectivity index (χ4n) is 2.15. The zero-order chi connectivity index (χ0) is 17.3. The predicted octanol–water partition coefficient (Wildman–Crippen LogP) is 3.86. The fourth-order valence-corrected chi connectivity index (χ4v) is 4.20. The summed E-state index contributed by atoms with van der Waals surface area (Å²) in [5, 5.41) is 5.62. The van der Waals surface area contributed by atoms with Gasteiger partial charge in [-0.2, -0.15) is 4.98 Å². The van der Waals surface area contributed by atoms with Crippen LogP contribution in [0.5, 0.6) is 0 Å². The number of aromatic nitrogens is 2. The summed E-state index contributed by atoms with van der Waals surface area (Å²) in [4.78, 5) is 4.26. The molecule has 0 radical (unpaired) electrons. The first-order valence-electron chi connectivity index (χ1n) is 7.16. The van der Waals surface area contributed by atoms with Crippen molar-refractivity contribution >= 4 is 27.0 Å². The van der Waals surface area contributed by atoms with E-state index in [-0.39, 0.29) is 10.1 Å². The van der Waals surface area contributed by atoms with Crippen LogP contribution in [0.2, 0.25) is 0 Å². The number of sulfonamides is 1. The van der Waals surface area contributed by atoms with Gasteiger partial charge in [-0.05, 0) is 47.8 Å². The van der Waals surface area contributed by atoms with Crippen LogP contribution in [0.15, 0.2) is 73.3 Å². The molecule has 0 aliphatic carbocycles. The minimum Gasteiger partial charge on any atom is -0.459 e. The smallest absolute Gasteiger partial charge is 0.293 e. The van der Waals surface area contributed by atoms with Crippen LogP contribution in [0.1, 0.15) is 0 Å². The van der Waals surface area contributed by atoms with Gasteiger partial charge >= 0.3 is 0 Å². The highest BCUT2D eigenvalue weighted by Crippen LogP contribution is 2.25. The van der Waals surface area contributed by atoms with Crippen LogP contribution < -0.4 is 4.72 Å². The summed E-state index contributed by atoms with van der Waals surface area (Å²) < 4.78 is 37.6. The lowest BCUT2D eigenvalue weighted by Gasteiger charge is -2.06. The summed E-state index contributed by atoms with van der Waals surface area (Å²) in [6, 6.07) is 13.4. The van der Waals surface area contributed by atoms with E-state index in [1.165, 1.54) is 6.26 Å². The molecular formula is C16H11N3O4S2. The largest absolute Gasteiger partial charge is 0.459 e. The number of furan rings is 1. The van der Waals surface area contributed by atoms with Crippen LogP contribution in [0.4, 0.5) is 5.69 Å². The second kappa shape index (κ2) is 6.19. The molecule has 0 amide bonds. The van der Waals surface area contributed by atoms with Gasteiger partial charge in [-0.25, -0.2) is 8.42 Å². The molecule has 0 bridgehead atoms. The van der Waals surface area contributed by atoms with Crippen molar-refractivity contribution < 1.29 is 17.4 Å². The van der Waals surface area contributed by atoms with Gasteiger partial charge in [0.25, 0.3) is 15.9 Å². The zero-order valence-electron chi connectivity index (χ0n) is 12.6. The first kappa shape index (κ1) is 15.6. The van der Waals surface area contributed by atoms with E-state index in [1.807, 2.05) is 0 Å². The normalized spacial score (nSPS) is 11.5. The Bertz CT molecular complexity index is 1070.